The van der Waals surface area contributed by atoms with Crippen molar-refractivity contribution in [3.8, 4) is 0 Å². The smallest absolute Gasteiger partial charge is 0.250 e. The fourth-order valence-corrected chi connectivity index (χ4v) is 4.93. The number of aryl methyl sites for hydroxylation is 1. The maximum Gasteiger partial charge on any atom is 0.250 e. The third-order valence-electron chi connectivity index (χ3n) is 5.42. The minimum Gasteiger partial charge on any atom is -0.381 e. The van der Waals surface area contributed by atoms with E-state index in [9.17, 15) is 9.18 Å². The van der Waals surface area contributed by atoms with Gasteiger partial charge in [0.25, 0.3) is 5.56 Å². The average molecular weight is 399 g/mol. The number of hydrogen-bond acceptors (Lipinski definition) is 4. The molecule has 1 aromatic heterocycles. The lowest BCUT2D eigenvalue weighted by molar-refractivity contribution is -0.0950. The number of methoxy groups -OCH3 is 1. The number of benzene rings is 2. The van der Waals surface area contributed by atoms with Gasteiger partial charge >= 0.3 is 0 Å². The van der Waals surface area contributed by atoms with Gasteiger partial charge in [-0.25, -0.2) is 4.39 Å². The molecular formula is C22H22FNO3S. The van der Waals surface area contributed by atoms with Crippen LogP contribution in [0.1, 0.15) is 18.4 Å². The highest BCUT2D eigenvalue weighted by molar-refractivity contribution is 7.99. The van der Waals surface area contributed by atoms with Crippen LogP contribution in [0, 0.1) is 5.82 Å². The van der Waals surface area contributed by atoms with Crippen LogP contribution in [-0.4, -0.2) is 24.9 Å². The van der Waals surface area contributed by atoms with Crippen LogP contribution >= 0.6 is 11.8 Å². The maximum atomic E-state index is 14.5. The number of hydrogen-bond donors (Lipinski definition) is 0. The largest absolute Gasteiger partial charge is 0.381 e. The summed E-state index contributed by atoms with van der Waals surface area (Å²) in [5.74, 6) is -0.294. The van der Waals surface area contributed by atoms with E-state index in [0.29, 0.717) is 26.1 Å². The molecule has 0 saturated carbocycles. The van der Waals surface area contributed by atoms with Gasteiger partial charge in [-0.2, -0.15) is 0 Å². The fraction of sp³-hybridized carbons (Fsp3) is 0.318. The zero-order valence-corrected chi connectivity index (χ0v) is 16.7. The number of halogens is 1. The SMILES string of the molecule is COC1(c2cc(F)cc(Sc3cccc4ccc(=O)n(C)c34)c2)CCOCC1. The Kier molecular flexibility index (Phi) is 5.27. The lowest BCUT2D eigenvalue weighted by Crippen LogP contribution is -2.35. The molecule has 4 nitrogen and oxygen atoms in total. The first kappa shape index (κ1) is 19.2. The molecule has 1 aliphatic heterocycles. The minimum absolute atomic E-state index is 0.0685. The highest BCUT2D eigenvalue weighted by Gasteiger charge is 2.35. The van der Waals surface area contributed by atoms with Crippen LogP contribution in [0.4, 0.5) is 4.39 Å². The second kappa shape index (κ2) is 7.70. The molecule has 1 saturated heterocycles. The lowest BCUT2D eigenvalue weighted by Gasteiger charge is -2.36. The fourth-order valence-electron chi connectivity index (χ4n) is 3.82. The van der Waals surface area contributed by atoms with Gasteiger partial charge in [0.05, 0.1) is 11.1 Å². The highest BCUT2D eigenvalue weighted by Crippen LogP contribution is 2.39. The van der Waals surface area contributed by atoms with E-state index in [1.54, 1.807) is 30.9 Å². The molecule has 146 valence electrons. The Morgan fingerprint density at radius 1 is 1.14 bits per heavy atom. The minimum atomic E-state index is -0.527. The van der Waals surface area contributed by atoms with Gasteiger partial charge in [-0.1, -0.05) is 23.9 Å². The van der Waals surface area contributed by atoms with Gasteiger partial charge < -0.3 is 14.0 Å². The zero-order valence-electron chi connectivity index (χ0n) is 15.9. The summed E-state index contributed by atoms with van der Waals surface area (Å²) in [7, 11) is 3.43. The summed E-state index contributed by atoms with van der Waals surface area (Å²) in [5.41, 5.74) is 1.08. The van der Waals surface area contributed by atoms with Crippen molar-refractivity contribution in [2.45, 2.75) is 28.2 Å². The van der Waals surface area contributed by atoms with Crippen molar-refractivity contribution in [1.82, 2.24) is 4.57 Å². The normalized spacial score (nSPS) is 16.4. The zero-order chi connectivity index (χ0) is 19.7. The standard InChI is InChI=1S/C22H22FNO3S/c1-24-20(25)7-6-15-4-3-5-19(21(15)24)28-18-13-16(12-17(23)14-18)22(26-2)8-10-27-11-9-22/h3-7,12-14H,8-11H2,1-2H3. The first-order chi connectivity index (χ1) is 13.5. The van der Waals surface area contributed by atoms with E-state index in [-0.39, 0.29) is 11.4 Å². The molecule has 0 atom stereocenters. The van der Waals surface area contributed by atoms with E-state index in [0.717, 1.165) is 26.3 Å². The van der Waals surface area contributed by atoms with Crippen LogP contribution < -0.4 is 5.56 Å². The molecule has 0 amide bonds. The first-order valence-corrected chi connectivity index (χ1v) is 10.0. The van der Waals surface area contributed by atoms with Gasteiger partial charge in [0.1, 0.15) is 5.82 Å². The second-order valence-electron chi connectivity index (χ2n) is 7.01. The van der Waals surface area contributed by atoms with Crippen molar-refractivity contribution >= 4 is 22.7 Å². The molecule has 3 aromatic rings. The topological polar surface area (TPSA) is 40.5 Å². The molecule has 2 heterocycles. The maximum absolute atomic E-state index is 14.5. The van der Waals surface area contributed by atoms with E-state index >= 15 is 0 Å². The van der Waals surface area contributed by atoms with E-state index in [2.05, 4.69) is 0 Å². The van der Waals surface area contributed by atoms with Gasteiger partial charge in [0.2, 0.25) is 0 Å². The summed E-state index contributed by atoms with van der Waals surface area (Å²) < 4.78 is 27.4. The number of aromatic nitrogens is 1. The van der Waals surface area contributed by atoms with Crippen molar-refractivity contribution in [2.75, 3.05) is 20.3 Å². The first-order valence-electron chi connectivity index (χ1n) is 9.23. The van der Waals surface area contributed by atoms with Crippen LogP contribution in [-0.2, 0) is 22.1 Å². The molecule has 0 aliphatic carbocycles. The number of rotatable bonds is 4. The number of fused-ring (bicyclic) bond motifs is 1. The molecule has 1 fully saturated rings. The Labute approximate surface area is 167 Å². The molecule has 0 N–H and O–H groups in total. The van der Waals surface area contributed by atoms with Gasteiger partial charge in [-0.3, -0.25) is 4.79 Å². The van der Waals surface area contributed by atoms with Crippen molar-refractivity contribution in [1.29, 1.82) is 0 Å². The Hall–Kier alpha value is -2.15. The molecule has 2 aromatic carbocycles. The molecule has 0 bridgehead atoms. The Bertz CT molecular complexity index is 1070. The summed E-state index contributed by atoms with van der Waals surface area (Å²) in [6.07, 6.45) is 1.39. The molecule has 0 unspecified atom stereocenters. The quantitative estimate of drug-likeness (QED) is 0.649. The van der Waals surface area contributed by atoms with Crippen LogP contribution in [0.2, 0.25) is 0 Å². The lowest BCUT2D eigenvalue weighted by atomic mass is 9.86. The molecule has 0 radical (unpaired) electrons. The summed E-state index contributed by atoms with van der Waals surface area (Å²) in [6, 6.07) is 14.3. The van der Waals surface area contributed by atoms with Crippen LogP contribution in [0.25, 0.3) is 10.9 Å². The third-order valence-corrected chi connectivity index (χ3v) is 6.44. The monoisotopic (exact) mass is 399 g/mol. The highest BCUT2D eigenvalue weighted by atomic mass is 32.2. The predicted octanol–water partition coefficient (Wildman–Crippen LogP) is 4.48. The third kappa shape index (κ3) is 3.48. The van der Waals surface area contributed by atoms with Gasteiger partial charge in [-0.15, -0.1) is 0 Å². The molecule has 1 aliphatic rings. The number of pyridine rings is 1. The Morgan fingerprint density at radius 2 is 1.93 bits per heavy atom. The van der Waals surface area contributed by atoms with Crippen LogP contribution in [0.3, 0.4) is 0 Å². The predicted molar refractivity (Wildman–Crippen MR) is 108 cm³/mol. The Morgan fingerprint density at radius 3 is 2.68 bits per heavy atom. The van der Waals surface area contributed by atoms with E-state index in [1.165, 1.54) is 17.8 Å². The second-order valence-corrected chi connectivity index (χ2v) is 8.13. The number of ether oxygens (including phenoxy) is 2. The van der Waals surface area contributed by atoms with Crippen molar-refractivity contribution < 1.29 is 13.9 Å². The van der Waals surface area contributed by atoms with Gasteiger partial charge in [-0.05, 0) is 41.3 Å². The molecule has 0 spiro atoms. The van der Waals surface area contributed by atoms with Crippen molar-refractivity contribution in [3.05, 3.63) is 70.3 Å². The van der Waals surface area contributed by atoms with E-state index in [4.69, 9.17) is 9.47 Å². The van der Waals surface area contributed by atoms with E-state index < -0.39 is 5.60 Å². The average Bonchev–Trinajstić information content (AvgIpc) is 2.71. The molecule has 28 heavy (non-hydrogen) atoms. The summed E-state index contributed by atoms with van der Waals surface area (Å²) in [5, 5.41) is 0.974. The molecule has 6 heteroatoms. The van der Waals surface area contributed by atoms with Crippen molar-refractivity contribution in [2.24, 2.45) is 7.05 Å². The number of nitrogens with zero attached hydrogens (tertiary/aromatic N) is 1. The van der Waals surface area contributed by atoms with Crippen LogP contribution in [0.15, 0.2) is 63.1 Å². The number of para-hydroxylation sites is 1. The van der Waals surface area contributed by atoms with E-state index in [1.807, 2.05) is 30.3 Å². The summed E-state index contributed by atoms with van der Waals surface area (Å²) in [4.78, 5) is 13.8. The summed E-state index contributed by atoms with van der Waals surface area (Å²) >= 11 is 1.45. The summed E-state index contributed by atoms with van der Waals surface area (Å²) in [6.45, 7) is 1.19. The van der Waals surface area contributed by atoms with Crippen molar-refractivity contribution in [3.63, 3.8) is 0 Å². The van der Waals surface area contributed by atoms with Gasteiger partial charge in [0, 0.05) is 56.1 Å². The molecular weight excluding hydrogens is 377 g/mol. The molecule has 4 rings (SSSR count). The van der Waals surface area contributed by atoms with Gasteiger partial charge in [0.15, 0.2) is 0 Å². The van der Waals surface area contributed by atoms with Crippen LogP contribution in [0.5, 0.6) is 0 Å². The Balaban J connectivity index is 1.78.